The molecule has 160 valence electrons. The predicted molar refractivity (Wildman–Crippen MR) is 107 cm³/mol. The summed E-state index contributed by atoms with van der Waals surface area (Å²) in [6.45, 7) is 10.1. The molecule has 0 aromatic carbocycles. The van der Waals surface area contributed by atoms with E-state index >= 15 is 0 Å². The van der Waals surface area contributed by atoms with Gasteiger partial charge in [0.25, 0.3) is 5.91 Å². The molecule has 0 aromatic rings. The van der Waals surface area contributed by atoms with Crippen molar-refractivity contribution in [1.82, 2.24) is 15.5 Å². The number of nitrogens with two attached hydrogens (primary N) is 1. The summed E-state index contributed by atoms with van der Waals surface area (Å²) in [5.41, 5.74) is 5.68. The Kier molecular flexibility index (Phi) is 9.07. The Hall–Kier alpha value is -1.96. The number of carbonyl (C=O) groups excluding carboxylic acids is 4. The van der Waals surface area contributed by atoms with Crippen molar-refractivity contribution in [1.29, 1.82) is 0 Å². The average molecular weight is 397 g/mol. The maximum absolute atomic E-state index is 12.9. The zero-order valence-electron chi connectivity index (χ0n) is 17.8. The van der Waals surface area contributed by atoms with Crippen molar-refractivity contribution in [2.24, 2.45) is 11.1 Å². The number of hydrogen-bond donors (Lipinski definition) is 3. The van der Waals surface area contributed by atoms with Gasteiger partial charge in [0.15, 0.2) is 0 Å². The Labute approximate surface area is 168 Å². The molecule has 1 aliphatic rings. The molecule has 0 bridgehead atoms. The van der Waals surface area contributed by atoms with Crippen molar-refractivity contribution in [3.8, 4) is 0 Å². The van der Waals surface area contributed by atoms with Crippen LogP contribution in [0, 0.1) is 5.41 Å². The van der Waals surface area contributed by atoms with E-state index in [4.69, 9.17) is 5.73 Å². The third kappa shape index (κ3) is 6.29. The van der Waals surface area contributed by atoms with Crippen LogP contribution in [0.2, 0.25) is 0 Å². The monoisotopic (exact) mass is 396 g/mol. The van der Waals surface area contributed by atoms with Gasteiger partial charge in [-0.05, 0) is 31.6 Å². The van der Waals surface area contributed by atoms with Crippen molar-refractivity contribution in [2.45, 2.75) is 84.8 Å². The fraction of sp³-hybridized carbons (Fsp3) is 0.800. The van der Waals surface area contributed by atoms with Crippen LogP contribution >= 0.6 is 0 Å². The highest BCUT2D eigenvalue weighted by atomic mass is 16.2. The first-order chi connectivity index (χ1) is 13.0. The summed E-state index contributed by atoms with van der Waals surface area (Å²) >= 11 is 0. The van der Waals surface area contributed by atoms with Crippen molar-refractivity contribution in [2.75, 3.05) is 13.1 Å². The molecule has 3 atom stereocenters. The summed E-state index contributed by atoms with van der Waals surface area (Å²) in [6.07, 6.45) is 3.15. The fourth-order valence-corrected chi connectivity index (χ4v) is 3.20. The Balaban J connectivity index is 2.89. The van der Waals surface area contributed by atoms with Crippen LogP contribution in [0.4, 0.5) is 0 Å². The first-order valence-electron chi connectivity index (χ1n) is 10.2. The lowest BCUT2D eigenvalue weighted by molar-refractivity contribution is -0.143. The third-order valence-electron chi connectivity index (χ3n) is 5.08. The third-order valence-corrected chi connectivity index (χ3v) is 5.08. The van der Waals surface area contributed by atoms with Gasteiger partial charge < -0.3 is 21.3 Å². The lowest BCUT2D eigenvalue weighted by atomic mass is 9.86. The van der Waals surface area contributed by atoms with Gasteiger partial charge in [-0.1, -0.05) is 40.5 Å². The van der Waals surface area contributed by atoms with Gasteiger partial charge in [0.2, 0.25) is 17.6 Å². The summed E-state index contributed by atoms with van der Waals surface area (Å²) in [6, 6.07) is -2.26. The number of rotatable bonds is 9. The first-order valence-corrected chi connectivity index (χ1v) is 10.2. The van der Waals surface area contributed by atoms with E-state index in [2.05, 4.69) is 10.6 Å². The largest absolute Gasteiger partial charge is 0.350 e. The number of carbonyl (C=O) groups is 4. The van der Waals surface area contributed by atoms with Crippen LogP contribution in [0.25, 0.3) is 0 Å². The molecule has 1 saturated heterocycles. The molecule has 0 radical (unpaired) electrons. The highest BCUT2D eigenvalue weighted by molar-refractivity contribution is 6.38. The molecule has 0 spiro atoms. The number of likely N-dealkylation sites (N-methyl/N-ethyl adjacent to an activating group) is 1. The SMILES string of the molecule is CCCCC(NC(=O)[C@@H]1CCCN1C(=O)[C@@H](N)C(C)(C)C)C(=O)C(=O)NCC. The Morgan fingerprint density at radius 1 is 1.18 bits per heavy atom. The van der Waals surface area contributed by atoms with Gasteiger partial charge in [-0.3, -0.25) is 19.2 Å². The van der Waals surface area contributed by atoms with Gasteiger partial charge in [0.1, 0.15) is 6.04 Å². The summed E-state index contributed by atoms with van der Waals surface area (Å²) in [5, 5.41) is 5.19. The standard InChI is InChI=1S/C20H36N4O4/c1-6-8-10-13(15(25)18(27)22-7-2)23-17(26)14-11-9-12-24(14)19(28)16(21)20(3,4)5/h13-14,16H,6-12,21H2,1-5H3,(H,22,27)(H,23,26)/t13?,14-,16+/m0/s1. The van der Waals surface area contributed by atoms with E-state index in [9.17, 15) is 19.2 Å². The van der Waals surface area contributed by atoms with Gasteiger partial charge in [-0.25, -0.2) is 0 Å². The molecule has 1 unspecified atom stereocenters. The van der Waals surface area contributed by atoms with Crippen LogP contribution in [0.15, 0.2) is 0 Å². The Morgan fingerprint density at radius 3 is 2.36 bits per heavy atom. The molecule has 28 heavy (non-hydrogen) atoms. The van der Waals surface area contributed by atoms with E-state index in [1.807, 2.05) is 27.7 Å². The van der Waals surface area contributed by atoms with Crippen LogP contribution < -0.4 is 16.4 Å². The summed E-state index contributed by atoms with van der Waals surface area (Å²) in [4.78, 5) is 51.5. The molecule has 1 heterocycles. The summed E-state index contributed by atoms with van der Waals surface area (Å²) in [7, 11) is 0. The molecule has 0 saturated carbocycles. The summed E-state index contributed by atoms with van der Waals surface area (Å²) in [5.74, 6) is -2.00. The van der Waals surface area contributed by atoms with Crippen LogP contribution in [0.1, 0.15) is 66.7 Å². The lowest BCUT2D eigenvalue weighted by Crippen LogP contribution is -2.57. The highest BCUT2D eigenvalue weighted by Crippen LogP contribution is 2.24. The van der Waals surface area contributed by atoms with E-state index in [0.29, 0.717) is 38.8 Å². The molecule has 8 heteroatoms. The lowest BCUT2D eigenvalue weighted by Gasteiger charge is -2.33. The minimum Gasteiger partial charge on any atom is -0.350 e. The van der Waals surface area contributed by atoms with Gasteiger partial charge in [-0.15, -0.1) is 0 Å². The van der Waals surface area contributed by atoms with Gasteiger partial charge in [-0.2, -0.15) is 0 Å². The Morgan fingerprint density at radius 2 is 1.82 bits per heavy atom. The van der Waals surface area contributed by atoms with E-state index in [-0.39, 0.29) is 5.91 Å². The van der Waals surface area contributed by atoms with Crippen LogP contribution in [-0.4, -0.2) is 59.6 Å². The topological polar surface area (TPSA) is 122 Å². The quantitative estimate of drug-likeness (QED) is 0.496. The number of nitrogens with one attached hydrogen (secondary N) is 2. The maximum Gasteiger partial charge on any atom is 0.289 e. The zero-order chi connectivity index (χ0) is 21.5. The second-order valence-electron chi connectivity index (χ2n) is 8.46. The molecule has 4 N–H and O–H groups in total. The molecule has 0 aliphatic carbocycles. The van der Waals surface area contributed by atoms with Crippen LogP contribution in [-0.2, 0) is 19.2 Å². The second-order valence-corrected chi connectivity index (χ2v) is 8.46. The zero-order valence-corrected chi connectivity index (χ0v) is 17.8. The van der Waals surface area contributed by atoms with Crippen LogP contribution in [0.5, 0.6) is 0 Å². The van der Waals surface area contributed by atoms with E-state index in [1.165, 1.54) is 4.90 Å². The molecule has 3 amide bonds. The Bertz CT molecular complexity index is 585. The molecule has 1 aliphatic heterocycles. The van der Waals surface area contributed by atoms with Crippen LogP contribution in [0.3, 0.4) is 0 Å². The molecular weight excluding hydrogens is 360 g/mol. The average Bonchev–Trinajstić information content (AvgIpc) is 3.12. The highest BCUT2D eigenvalue weighted by Gasteiger charge is 2.40. The van der Waals surface area contributed by atoms with Crippen molar-refractivity contribution in [3.63, 3.8) is 0 Å². The molecule has 1 rings (SSSR count). The number of Topliss-reactive ketones (excluding diaryl/α,β-unsaturated/α-hetero) is 1. The smallest absolute Gasteiger partial charge is 0.289 e. The minimum absolute atomic E-state index is 0.259. The molecule has 8 nitrogen and oxygen atoms in total. The van der Waals surface area contributed by atoms with Crippen molar-refractivity contribution < 1.29 is 19.2 Å². The number of nitrogens with zero attached hydrogens (tertiary/aromatic N) is 1. The second kappa shape index (κ2) is 10.5. The van der Waals surface area contributed by atoms with E-state index in [1.54, 1.807) is 6.92 Å². The maximum atomic E-state index is 12.9. The normalized spacial score (nSPS) is 19.1. The molecular formula is C20H36N4O4. The summed E-state index contributed by atoms with van der Waals surface area (Å²) < 4.78 is 0. The number of amides is 3. The molecule has 0 aromatic heterocycles. The van der Waals surface area contributed by atoms with Gasteiger partial charge >= 0.3 is 0 Å². The minimum atomic E-state index is -0.882. The van der Waals surface area contributed by atoms with Gasteiger partial charge in [0, 0.05) is 13.1 Å². The van der Waals surface area contributed by atoms with Crippen molar-refractivity contribution in [3.05, 3.63) is 0 Å². The first kappa shape index (κ1) is 24.1. The fourth-order valence-electron chi connectivity index (χ4n) is 3.20. The van der Waals surface area contributed by atoms with Gasteiger partial charge in [0.05, 0.1) is 12.1 Å². The number of hydrogen-bond acceptors (Lipinski definition) is 5. The number of likely N-dealkylation sites (tertiary alicyclic amines) is 1. The van der Waals surface area contributed by atoms with Crippen molar-refractivity contribution >= 4 is 23.5 Å². The number of ketones is 1. The number of unbranched alkanes of at least 4 members (excludes halogenated alkanes) is 1. The molecule has 1 fully saturated rings. The van der Waals surface area contributed by atoms with E-state index in [0.717, 1.165) is 6.42 Å². The predicted octanol–water partition coefficient (Wildman–Crippen LogP) is 0.731. The van der Waals surface area contributed by atoms with E-state index < -0.39 is 41.1 Å².